The molecule has 4 aromatic rings. The SMILES string of the molecule is CC(C)(C)c1cc2c(OCCN3CCCCC3)c(c1)Cc1cc(C(C)(C)C)cc(c1OCCN1CCCCC1)Cc1cc(C(C)(C)C)cc(c1OCCN1CCCCC1)Cc1cc(C(C)(C)C)cc(c1OCCN1CCCCC1)C2. The summed E-state index contributed by atoms with van der Waals surface area (Å²) < 4.78 is 29.8. The Hall–Kier alpha value is -4.08. The van der Waals surface area contributed by atoms with Crippen molar-refractivity contribution in [3.05, 3.63) is 115 Å². The molecule has 8 heteroatoms. The van der Waals surface area contributed by atoms with E-state index < -0.39 is 0 Å². The van der Waals surface area contributed by atoms with Crippen LogP contribution in [0.15, 0.2) is 48.5 Å². The number of fused-ring (bicyclic) bond motifs is 8. The Morgan fingerprint density at radius 3 is 0.575 bits per heavy atom. The van der Waals surface area contributed by atoms with Gasteiger partial charge in [0.2, 0.25) is 0 Å². The van der Waals surface area contributed by atoms with E-state index in [1.807, 2.05) is 0 Å². The number of benzene rings is 4. The van der Waals surface area contributed by atoms with Gasteiger partial charge in [-0.3, -0.25) is 19.6 Å². The summed E-state index contributed by atoms with van der Waals surface area (Å²) in [7, 11) is 0. The highest BCUT2D eigenvalue weighted by Gasteiger charge is 2.30. The summed E-state index contributed by atoms with van der Waals surface area (Å²) in [5.74, 6) is 4.15. The van der Waals surface area contributed by atoms with Crippen molar-refractivity contribution in [1.82, 2.24) is 19.6 Å². The summed E-state index contributed by atoms with van der Waals surface area (Å²) in [4.78, 5) is 10.5. The highest BCUT2D eigenvalue weighted by molar-refractivity contribution is 5.60. The number of ether oxygens (including phenoxy) is 4. The Bertz CT molecular complexity index is 2200. The first-order valence-electron chi connectivity index (χ1n) is 32.2. The van der Waals surface area contributed by atoms with Crippen LogP contribution < -0.4 is 18.9 Å². The van der Waals surface area contributed by atoms with Gasteiger partial charge >= 0.3 is 0 Å². The summed E-state index contributed by atoms with van der Waals surface area (Å²) in [6, 6.07) is 20.0. The Balaban J connectivity index is 1.29. The quantitative estimate of drug-likeness (QED) is 0.0969. The monoisotopic (exact) mass is 1090 g/mol. The summed E-state index contributed by atoms with van der Waals surface area (Å²) in [6.07, 6.45) is 18.2. The molecule has 4 aliphatic heterocycles. The van der Waals surface area contributed by atoms with Crippen LogP contribution in [0.3, 0.4) is 0 Å². The zero-order valence-electron chi connectivity index (χ0n) is 52.7. The minimum Gasteiger partial charge on any atom is -0.492 e. The van der Waals surface area contributed by atoms with Gasteiger partial charge in [-0.05, 0) is 192 Å². The van der Waals surface area contributed by atoms with Crippen molar-refractivity contribution in [1.29, 1.82) is 0 Å². The van der Waals surface area contributed by atoms with E-state index in [1.54, 1.807) is 0 Å². The summed E-state index contributed by atoms with van der Waals surface area (Å²) in [5.41, 5.74) is 14.9. The van der Waals surface area contributed by atoms with E-state index in [2.05, 4.69) is 151 Å². The molecule has 5 aliphatic rings. The molecule has 0 amide bonds. The first kappa shape index (κ1) is 60.5. The summed E-state index contributed by atoms with van der Waals surface area (Å²) in [5, 5.41) is 0. The van der Waals surface area contributed by atoms with E-state index in [0.29, 0.717) is 52.1 Å². The van der Waals surface area contributed by atoms with Gasteiger partial charge < -0.3 is 18.9 Å². The molecule has 0 saturated carbocycles. The van der Waals surface area contributed by atoms with Crippen LogP contribution in [-0.4, -0.2) is 125 Å². The molecule has 4 saturated heterocycles. The predicted octanol–water partition coefficient (Wildman–Crippen LogP) is 15.0. The lowest BCUT2D eigenvalue weighted by Gasteiger charge is -2.31. The van der Waals surface area contributed by atoms with E-state index >= 15 is 0 Å². The normalized spacial score (nSPS) is 18.8. The van der Waals surface area contributed by atoms with E-state index in [0.717, 1.165) is 102 Å². The first-order chi connectivity index (χ1) is 38.2. The molecular weight excluding hydrogens is 985 g/mol. The minimum atomic E-state index is -0.104. The topological polar surface area (TPSA) is 49.9 Å². The van der Waals surface area contributed by atoms with Crippen LogP contribution in [0.1, 0.15) is 227 Å². The van der Waals surface area contributed by atoms with Gasteiger partial charge in [0.1, 0.15) is 49.4 Å². The van der Waals surface area contributed by atoms with E-state index in [4.69, 9.17) is 18.9 Å². The number of piperidine rings is 4. The van der Waals surface area contributed by atoms with Crippen molar-refractivity contribution in [3.63, 3.8) is 0 Å². The van der Waals surface area contributed by atoms with E-state index in [9.17, 15) is 0 Å². The number of hydrogen-bond donors (Lipinski definition) is 0. The molecule has 8 bridgehead atoms. The molecule has 440 valence electrons. The van der Waals surface area contributed by atoms with Gasteiger partial charge in [-0.15, -0.1) is 0 Å². The largest absolute Gasteiger partial charge is 0.492 e. The van der Waals surface area contributed by atoms with Crippen LogP contribution in [0.4, 0.5) is 0 Å². The highest BCUT2D eigenvalue weighted by atomic mass is 16.5. The predicted molar refractivity (Wildman–Crippen MR) is 335 cm³/mol. The second-order valence-corrected chi connectivity index (χ2v) is 29.2. The molecule has 4 heterocycles. The van der Waals surface area contributed by atoms with Crippen LogP contribution in [0.25, 0.3) is 0 Å². The maximum atomic E-state index is 7.44. The van der Waals surface area contributed by atoms with E-state index in [-0.39, 0.29) is 21.7 Å². The van der Waals surface area contributed by atoms with Gasteiger partial charge in [0.05, 0.1) is 0 Å². The Labute approximate surface area is 487 Å². The molecule has 0 spiro atoms. The fraction of sp³-hybridized carbons (Fsp3) is 0.667. The molecule has 0 radical (unpaired) electrons. The van der Waals surface area contributed by atoms with Crippen LogP contribution in [0.5, 0.6) is 23.0 Å². The van der Waals surface area contributed by atoms with Crippen LogP contribution in [0, 0.1) is 0 Å². The smallest absolute Gasteiger partial charge is 0.126 e. The average molecular weight is 1090 g/mol. The molecular formula is C72H108N4O4. The highest BCUT2D eigenvalue weighted by Crippen LogP contribution is 2.45. The standard InChI is InChI=1S/C72H108N4O4/c1-69(2,3)61-45-53-41-55-47-62(70(4,5)6)49-57(66(55)78-38-34-74-27-19-14-20-28-74)43-59-51-64(72(10,11)12)52-60(68(59)80-40-36-76-31-23-16-24-32-76)44-58-50-63(71(7,8)9)48-56(67(58)79-39-35-75-29-21-15-22-30-75)42-54(46-61)65(53)77-37-33-73-25-17-13-18-26-73/h45-52H,13-44H2,1-12H3. The van der Waals surface area contributed by atoms with Crippen LogP contribution in [0.2, 0.25) is 0 Å². The number of nitrogens with zero attached hydrogens (tertiary/aromatic N) is 4. The molecule has 4 fully saturated rings. The van der Waals surface area contributed by atoms with Crippen molar-refractivity contribution in [2.45, 2.75) is 207 Å². The molecule has 0 unspecified atom stereocenters. The summed E-state index contributed by atoms with van der Waals surface area (Å²) in [6.45, 7) is 44.1. The lowest BCUT2D eigenvalue weighted by atomic mass is 9.79. The Morgan fingerprint density at radius 1 is 0.263 bits per heavy atom. The van der Waals surface area contributed by atoms with Crippen molar-refractivity contribution >= 4 is 0 Å². The van der Waals surface area contributed by atoms with Crippen molar-refractivity contribution in [3.8, 4) is 23.0 Å². The molecule has 0 atom stereocenters. The van der Waals surface area contributed by atoms with Crippen LogP contribution in [-0.2, 0) is 47.3 Å². The fourth-order valence-electron chi connectivity index (χ4n) is 13.2. The maximum absolute atomic E-state index is 7.44. The van der Waals surface area contributed by atoms with Crippen molar-refractivity contribution < 1.29 is 18.9 Å². The molecule has 0 N–H and O–H groups in total. The molecule has 0 aromatic heterocycles. The number of likely N-dealkylation sites (tertiary alicyclic amines) is 4. The van der Waals surface area contributed by atoms with E-state index in [1.165, 1.54) is 144 Å². The van der Waals surface area contributed by atoms with Crippen molar-refractivity contribution in [2.75, 3.05) is 105 Å². The van der Waals surface area contributed by atoms with Gasteiger partial charge in [-0.1, -0.05) is 157 Å². The third-order valence-corrected chi connectivity index (χ3v) is 18.4. The second-order valence-electron chi connectivity index (χ2n) is 29.2. The molecule has 4 aromatic carbocycles. The fourth-order valence-corrected chi connectivity index (χ4v) is 13.2. The zero-order chi connectivity index (χ0) is 56.7. The number of rotatable bonds is 16. The van der Waals surface area contributed by atoms with Gasteiger partial charge in [-0.25, -0.2) is 0 Å². The van der Waals surface area contributed by atoms with Gasteiger partial charge in [0.25, 0.3) is 0 Å². The second kappa shape index (κ2) is 26.7. The third kappa shape index (κ3) is 16.2. The lowest BCUT2D eigenvalue weighted by molar-refractivity contribution is 0.180. The average Bonchev–Trinajstić information content (AvgIpc) is 3.54. The van der Waals surface area contributed by atoms with Gasteiger partial charge in [0.15, 0.2) is 0 Å². The molecule has 1 aliphatic carbocycles. The maximum Gasteiger partial charge on any atom is 0.126 e. The zero-order valence-corrected chi connectivity index (χ0v) is 52.7. The molecule has 80 heavy (non-hydrogen) atoms. The summed E-state index contributed by atoms with van der Waals surface area (Å²) >= 11 is 0. The Morgan fingerprint density at radius 2 is 0.425 bits per heavy atom. The molecule has 8 nitrogen and oxygen atoms in total. The van der Waals surface area contributed by atoms with Crippen molar-refractivity contribution in [2.24, 2.45) is 0 Å². The third-order valence-electron chi connectivity index (χ3n) is 18.4. The van der Waals surface area contributed by atoms with Gasteiger partial charge in [-0.2, -0.15) is 0 Å². The molecule has 9 rings (SSSR count). The minimum absolute atomic E-state index is 0.104. The first-order valence-corrected chi connectivity index (χ1v) is 32.2. The van der Waals surface area contributed by atoms with Gasteiger partial charge in [0, 0.05) is 51.9 Å². The Kier molecular flexibility index (Phi) is 20.2. The number of hydrogen-bond acceptors (Lipinski definition) is 8. The van der Waals surface area contributed by atoms with Crippen LogP contribution >= 0.6 is 0 Å². The lowest BCUT2D eigenvalue weighted by Crippen LogP contribution is -2.33.